The molecule has 1 aliphatic carbocycles. The molecular weight excluding hydrogens is 250 g/mol. The lowest BCUT2D eigenvalue weighted by Crippen LogP contribution is -2.53. The Labute approximate surface area is 111 Å². The van der Waals surface area contributed by atoms with Crippen molar-refractivity contribution in [1.82, 2.24) is 4.98 Å². The van der Waals surface area contributed by atoms with Gasteiger partial charge in [-0.25, -0.2) is 13.8 Å². The highest BCUT2D eigenvalue weighted by Gasteiger charge is 2.43. The van der Waals surface area contributed by atoms with Crippen LogP contribution in [-0.4, -0.2) is 28.8 Å². The van der Waals surface area contributed by atoms with Crippen molar-refractivity contribution in [3.05, 3.63) is 23.9 Å². The number of fused-ring (bicyclic) bond motifs is 1. The van der Waals surface area contributed by atoms with E-state index in [-0.39, 0.29) is 11.7 Å². The monoisotopic (exact) mass is 268 g/mol. The summed E-state index contributed by atoms with van der Waals surface area (Å²) in [7, 11) is 0. The first-order valence-corrected chi connectivity index (χ1v) is 6.87. The Morgan fingerprint density at radius 1 is 1.32 bits per heavy atom. The molecule has 1 aromatic heterocycles. The summed E-state index contributed by atoms with van der Waals surface area (Å²) in [6.45, 7) is 1.18. The maximum Gasteiger partial charge on any atom is 0.168 e. The molecule has 2 heterocycles. The van der Waals surface area contributed by atoms with Gasteiger partial charge in [-0.3, -0.25) is 0 Å². The molecule has 0 bridgehead atoms. The van der Waals surface area contributed by atoms with E-state index in [1.165, 1.54) is 0 Å². The molecule has 5 heteroatoms. The van der Waals surface area contributed by atoms with E-state index in [1.54, 1.807) is 0 Å². The summed E-state index contributed by atoms with van der Waals surface area (Å²) in [5, 5.41) is 10.6. The van der Waals surface area contributed by atoms with Crippen LogP contribution >= 0.6 is 0 Å². The highest BCUT2D eigenvalue weighted by Crippen LogP contribution is 2.40. The summed E-state index contributed by atoms with van der Waals surface area (Å²) >= 11 is 0. The smallest absolute Gasteiger partial charge is 0.168 e. The van der Waals surface area contributed by atoms with E-state index < -0.39 is 17.2 Å². The van der Waals surface area contributed by atoms with Gasteiger partial charge in [0.15, 0.2) is 11.6 Å². The summed E-state index contributed by atoms with van der Waals surface area (Å²) in [6, 6.07) is 0.865. The SMILES string of the molecule is OC12CCCCC1CN(c1ncc(F)cc1F)CC2. The number of anilines is 1. The van der Waals surface area contributed by atoms with Gasteiger partial charge >= 0.3 is 0 Å². The van der Waals surface area contributed by atoms with Crippen molar-refractivity contribution >= 4 is 5.82 Å². The van der Waals surface area contributed by atoms with Crippen LogP contribution in [0.2, 0.25) is 0 Å². The predicted molar refractivity (Wildman–Crippen MR) is 67.9 cm³/mol. The molecule has 1 aromatic rings. The lowest BCUT2D eigenvalue weighted by atomic mass is 9.71. The van der Waals surface area contributed by atoms with Crippen molar-refractivity contribution in [2.45, 2.75) is 37.7 Å². The fourth-order valence-corrected chi connectivity index (χ4v) is 3.40. The normalized spacial score (nSPS) is 31.1. The summed E-state index contributed by atoms with van der Waals surface area (Å²) in [5.74, 6) is -0.913. The molecule has 1 N–H and O–H groups in total. The third-order valence-corrected chi connectivity index (χ3v) is 4.52. The molecule has 0 radical (unpaired) electrons. The second-order valence-corrected chi connectivity index (χ2v) is 5.70. The molecule has 3 nitrogen and oxygen atoms in total. The zero-order valence-electron chi connectivity index (χ0n) is 10.8. The third-order valence-electron chi connectivity index (χ3n) is 4.52. The van der Waals surface area contributed by atoms with Crippen molar-refractivity contribution < 1.29 is 13.9 Å². The Morgan fingerprint density at radius 3 is 2.95 bits per heavy atom. The molecule has 1 saturated heterocycles. The molecule has 1 saturated carbocycles. The van der Waals surface area contributed by atoms with Crippen LogP contribution in [0.15, 0.2) is 12.3 Å². The summed E-state index contributed by atoms with van der Waals surface area (Å²) in [5.41, 5.74) is -0.592. The van der Waals surface area contributed by atoms with Gasteiger partial charge in [-0.15, -0.1) is 0 Å². The standard InChI is InChI=1S/C14H18F2N2O/c15-11-7-12(16)13(17-8-11)18-6-5-14(19)4-2-1-3-10(14)9-18/h7-8,10,19H,1-6,9H2. The van der Waals surface area contributed by atoms with Crippen molar-refractivity contribution in [1.29, 1.82) is 0 Å². The molecule has 0 spiro atoms. The van der Waals surface area contributed by atoms with E-state index in [9.17, 15) is 13.9 Å². The van der Waals surface area contributed by atoms with Crippen LogP contribution in [0.5, 0.6) is 0 Å². The highest BCUT2D eigenvalue weighted by atomic mass is 19.1. The number of hydrogen-bond donors (Lipinski definition) is 1. The van der Waals surface area contributed by atoms with Gasteiger partial charge in [-0.1, -0.05) is 12.8 Å². The number of aliphatic hydroxyl groups is 1. The number of rotatable bonds is 1. The molecule has 2 aliphatic rings. The Balaban J connectivity index is 1.80. The summed E-state index contributed by atoms with van der Waals surface area (Å²) in [4.78, 5) is 5.69. The van der Waals surface area contributed by atoms with Crippen LogP contribution in [-0.2, 0) is 0 Å². The first kappa shape index (κ1) is 12.8. The minimum Gasteiger partial charge on any atom is -0.389 e. The Morgan fingerprint density at radius 2 is 2.16 bits per heavy atom. The van der Waals surface area contributed by atoms with E-state index in [1.807, 2.05) is 4.90 Å². The van der Waals surface area contributed by atoms with Gasteiger partial charge in [0.1, 0.15) is 5.82 Å². The first-order chi connectivity index (χ1) is 9.08. The Hall–Kier alpha value is -1.23. The second kappa shape index (κ2) is 4.71. The summed E-state index contributed by atoms with van der Waals surface area (Å²) < 4.78 is 26.6. The average Bonchev–Trinajstić information content (AvgIpc) is 2.38. The number of aromatic nitrogens is 1. The van der Waals surface area contributed by atoms with Gasteiger partial charge in [0.2, 0.25) is 0 Å². The van der Waals surface area contributed by atoms with E-state index in [2.05, 4.69) is 4.98 Å². The molecule has 2 fully saturated rings. The van der Waals surface area contributed by atoms with Crippen molar-refractivity contribution in [2.75, 3.05) is 18.0 Å². The molecule has 3 rings (SSSR count). The second-order valence-electron chi connectivity index (χ2n) is 5.70. The van der Waals surface area contributed by atoms with Crippen LogP contribution < -0.4 is 4.90 Å². The molecule has 19 heavy (non-hydrogen) atoms. The molecule has 0 amide bonds. The van der Waals surface area contributed by atoms with Crippen LogP contribution in [0.3, 0.4) is 0 Å². The molecular formula is C14H18F2N2O. The minimum atomic E-state index is -0.660. The van der Waals surface area contributed by atoms with Crippen LogP contribution in [0.25, 0.3) is 0 Å². The maximum atomic E-state index is 13.7. The number of pyridine rings is 1. The van der Waals surface area contributed by atoms with Crippen LogP contribution in [0, 0.1) is 17.6 Å². The lowest BCUT2D eigenvalue weighted by molar-refractivity contribution is -0.0614. The molecule has 104 valence electrons. The number of halogens is 2. The zero-order valence-corrected chi connectivity index (χ0v) is 10.8. The van der Waals surface area contributed by atoms with Gasteiger partial charge in [0, 0.05) is 25.1 Å². The number of hydrogen-bond acceptors (Lipinski definition) is 3. The van der Waals surface area contributed by atoms with E-state index in [0.717, 1.165) is 37.9 Å². The summed E-state index contributed by atoms with van der Waals surface area (Å²) in [6.07, 6.45) is 5.66. The first-order valence-electron chi connectivity index (χ1n) is 6.87. The van der Waals surface area contributed by atoms with Gasteiger partial charge < -0.3 is 10.0 Å². The predicted octanol–water partition coefficient (Wildman–Crippen LogP) is 2.49. The Bertz CT molecular complexity index is 483. The largest absolute Gasteiger partial charge is 0.389 e. The van der Waals surface area contributed by atoms with Gasteiger partial charge in [0.25, 0.3) is 0 Å². The molecule has 2 atom stereocenters. The minimum absolute atomic E-state index is 0.168. The third kappa shape index (κ3) is 2.31. The van der Waals surface area contributed by atoms with E-state index in [4.69, 9.17) is 0 Å². The zero-order chi connectivity index (χ0) is 13.5. The van der Waals surface area contributed by atoms with E-state index >= 15 is 0 Å². The molecule has 1 aliphatic heterocycles. The maximum absolute atomic E-state index is 13.7. The lowest BCUT2D eigenvalue weighted by Gasteiger charge is -2.47. The van der Waals surface area contributed by atoms with Crippen LogP contribution in [0.1, 0.15) is 32.1 Å². The van der Waals surface area contributed by atoms with E-state index in [0.29, 0.717) is 19.5 Å². The molecule has 0 aromatic carbocycles. The fourth-order valence-electron chi connectivity index (χ4n) is 3.40. The highest BCUT2D eigenvalue weighted by molar-refractivity contribution is 5.41. The molecule has 2 unspecified atom stereocenters. The van der Waals surface area contributed by atoms with Crippen molar-refractivity contribution in [3.8, 4) is 0 Å². The Kier molecular flexibility index (Phi) is 3.17. The van der Waals surface area contributed by atoms with Crippen LogP contribution in [0.4, 0.5) is 14.6 Å². The number of nitrogens with zero attached hydrogens (tertiary/aromatic N) is 2. The quantitative estimate of drug-likeness (QED) is 0.850. The van der Waals surface area contributed by atoms with Gasteiger partial charge in [-0.05, 0) is 19.3 Å². The average molecular weight is 268 g/mol. The fraction of sp³-hybridized carbons (Fsp3) is 0.643. The van der Waals surface area contributed by atoms with Crippen molar-refractivity contribution in [2.24, 2.45) is 5.92 Å². The topological polar surface area (TPSA) is 36.4 Å². The van der Waals surface area contributed by atoms with Gasteiger partial charge in [-0.2, -0.15) is 0 Å². The van der Waals surface area contributed by atoms with Gasteiger partial charge in [0.05, 0.1) is 11.8 Å². The number of piperidine rings is 1. The van der Waals surface area contributed by atoms with Crippen molar-refractivity contribution in [3.63, 3.8) is 0 Å².